The van der Waals surface area contributed by atoms with Crippen LogP contribution in [0.5, 0.6) is 0 Å². The molecule has 0 aromatic carbocycles. The summed E-state index contributed by atoms with van der Waals surface area (Å²) in [6, 6.07) is 1.71. The molecule has 6 nitrogen and oxygen atoms in total. The second-order valence-electron chi connectivity index (χ2n) is 4.74. The van der Waals surface area contributed by atoms with Crippen LogP contribution in [0.25, 0.3) is 0 Å². The Bertz CT molecular complexity index is 467. The predicted octanol–water partition coefficient (Wildman–Crippen LogP) is 1.10. The molecular weight excluding hydrogens is 248 g/mol. The zero-order valence-corrected chi connectivity index (χ0v) is 11.7. The smallest absolute Gasteiger partial charge is 0.372 e. The number of carbonyl (C=O) groups excluding carboxylic acids is 1. The van der Waals surface area contributed by atoms with Crippen LogP contribution in [0.1, 0.15) is 28.8 Å². The van der Waals surface area contributed by atoms with Gasteiger partial charge in [-0.3, -0.25) is 9.69 Å². The fourth-order valence-electron chi connectivity index (χ4n) is 1.97. The molecule has 1 amide bonds. The van der Waals surface area contributed by atoms with Crippen LogP contribution >= 0.6 is 0 Å². The Balaban J connectivity index is 2.62. The maximum Gasteiger partial charge on any atom is 0.372 e. The van der Waals surface area contributed by atoms with Gasteiger partial charge in [0.2, 0.25) is 11.7 Å². The van der Waals surface area contributed by atoms with E-state index < -0.39 is 5.97 Å². The summed E-state index contributed by atoms with van der Waals surface area (Å²) >= 11 is 0. The van der Waals surface area contributed by atoms with E-state index in [1.165, 1.54) is 0 Å². The van der Waals surface area contributed by atoms with Crippen LogP contribution in [0, 0.1) is 12.8 Å². The Labute approximate surface area is 112 Å². The lowest BCUT2D eigenvalue weighted by atomic mass is 10.1. The normalized spacial score (nSPS) is 12.5. The van der Waals surface area contributed by atoms with Gasteiger partial charge in [0, 0.05) is 25.1 Å². The number of carbonyl (C=O) groups is 2. The minimum atomic E-state index is -1.06. The molecule has 2 N–H and O–H groups in total. The summed E-state index contributed by atoms with van der Waals surface area (Å²) < 4.78 is 5.27. The van der Waals surface area contributed by atoms with Gasteiger partial charge in [-0.25, -0.2) is 4.79 Å². The topological polar surface area (TPSA) is 82.8 Å². The molecule has 1 aromatic heterocycles. The number of carboxylic acids is 1. The molecule has 106 valence electrons. The van der Waals surface area contributed by atoms with Crippen molar-refractivity contribution in [3.8, 4) is 0 Å². The van der Waals surface area contributed by atoms with Gasteiger partial charge in [-0.2, -0.15) is 0 Å². The summed E-state index contributed by atoms with van der Waals surface area (Å²) in [5.41, 5.74) is 0.607. The predicted molar refractivity (Wildman–Crippen MR) is 70.0 cm³/mol. The van der Waals surface area contributed by atoms with E-state index >= 15 is 0 Å². The molecular formula is C13H20N2O4. The Morgan fingerprint density at radius 1 is 1.53 bits per heavy atom. The van der Waals surface area contributed by atoms with Crippen molar-refractivity contribution >= 4 is 11.9 Å². The molecule has 1 aromatic rings. The number of aryl methyl sites for hydroxylation is 1. The summed E-state index contributed by atoms with van der Waals surface area (Å²) in [6.45, 7) is 4.58. The molecule has 0 saturated heterocycles. The van der Waals surface area contributed by atoms with Gasteiger partial charge in [0.05, 0.1) is 6.54 Å². The first-order chi connectivity index (χ1) is 8.85. The van der Waals surface area contributed by atoms with Crippen molar-refractivity contribution in [2.45, 2.75) is 20.4 Å². The summed E-state index contributed by atoms with van der Waals surface area (Å²) in [6.07, 6.45) is 0. The summed E-state index contributed by atoms with van der Waals surface area (Å²) in [5, 5.41) is 11.5. The van der Waals surface area contributed by atoms with Crippen LogP contribution in [0.3, 0.4) is 0 Å². The highest BCUT2D eigenvalue weighted by molar-refractivity contribution is 5.86. The van der Waals surface area contributed by atoms with Crippen LogP contribution in [0.2, 0.25) is 0 Å². The summed E-state index contributed by atoms with van der Waals surface area (Å²) in [5.74, 6) is -0.659. The van der Waals surface area contributed by atoms with Crippen molar-refractivity contribution in [3.63, 3.8) is 0 Å². The SMILES string of the molecule is CNC(=O)C(C)CN(C)Cc1cc(C)c(C(=O)O)o1. The number of hydrogen-bond donors (Lipinski definition) is 2. The van der Waals surface area contributed by atoms with E-state index in [0.717, 1.165) is 0 Å². The zero-order valence-electron chi connectivity index (χ0n) is 11.7. The molecule has 0 spiro atoms. The van der Waals surface area contributed by atoms with Gasteiger partial charge in [-0.05, 0) is 20.0 Å². The second-order valence-corrected chi connectivity index (χ2v) is 4.74. The molecule has 1 unspecified atom stereocenters. The van der Waals surface area contributed by atoms with Gasteiger partial charge in [0.1, 0.15) is 5.76 Å². The van der Waals surface area contributed by atoms with Crippen molar-refractivity contribution < 1.29 is 19.1 Å². The minimum absolute atomic E-state index is 0.0197. The number of aromatic carboxylic acids is 1. The van der Waals surface area contributed by atoms with Crippen molar-refractivity contribution in [1.82, 2.24) is 10.2 Å². The Kier molecular flexibility index (Phi) is 5.11. The fourth-order valence-corrected chi connectivity index (χ4v) is 1.97. The van der Waals surface area contributed by atoms with Gasteiger partial charge < -0.3 is 14.8 Å². The largest absolute Gasteiger partial charge is 0.475 e. The summed E-state index contributed by atoms with van der Waals surface area (Å²) in [4.78, 5) is 24.2. The Hall–Kier alpha value is -1.82. The van der Waals surface area contributed by atoms with E-state index in [2.05, 4.69) is 5.32 Å². The van der Waals surface area contributed by atoms with Crippen LogP contribution in [-0.4, -0.2) is 42.5 Å². The zero-order chi connectivity index (χ0) is 14.6. The number of hydrogen-bond acceptors (Lipinski definition) is 4. The van der Waals surface area contributed by atoms with Crippen molar-refractivity contribution in [2.24, 2.45) is 5.92 Å². The van der Waals surface area contributed by atoms with Gasteiger partial charge >= 0.3 is 5.97 Å². The van der Waals surface area contributed by atoms with Crippen molar-refractivity contribution in [2.75, 3.05) is 20.6 Å². The number of rotatable bonds is 6. The molecule has 0 bridgehead atoms. The van der Waals surface area contributed by atoms with Crippen LogP contribution in [0.15, 0.2) is 10.5 Å². The molecule has 19 heavy (non-hydrogen) atoms. The van der Waals surface area contributed by atoms with Crippen LogP contribution in [0.4, 0.5) is 0 Å². The Morgan fingerprint density at radius 2 is 2.16 bits per heavy atom. The number of nitrogens with one attached hydrogen (secondary N) is 1. The highest BCUT2D eigenvalue weighted by atomic mass is 16.4. The first-order valence-corrected chi connectivity index (χ1v) is 6.07. The third-order valence-corrected chi connectivity index (χ3v) is 2.87. The van der Waals surface area contributed by atoms with Crippen molar-refractivity contribution in [1.29, 1.82) is 0 Å². The van der Waals surface area contributed by atoms with E-state index in [4.69, 9.17) is 9.52 Å². The molecule has 1 atom stereocenters. The first-order valence-electron chi connectivity index (χ1n) is 6.07. The molecule has 0 aliphatic carbocycles. The fraction of sp³-hybridized carbons (Fsp3) is 0.538. The van der Waals surface area contributed by atoms with Gasteiger partial charge in [-0.15, -0.1) is 0 Å². The van der Waals surface area contributed by atoms with Crippen molar-refractivity contribution in [3.05, 3.63) is 23.2 Å². The van der Waals surface area contributed by atoms with Crippen LogP contribution < -0.4 is 5.32 Å². The van der Waals surface area contributed by atoms with E-state index in [1.807, 2.05) is 18.9 Å². The molecule has 0 radical (unpaired) electrons. The number of carboxylic acid groups (broad SMARTS) is 1. The molecule has 0 aliphatic rings. The summed E-state index contributed by atoms with van der Waals surface area (Å²) in [7, 11) is 3.46. The Morgan fingerprint density at radius 3 is 2.63 bits per heavy atom. The maximum absolute atomic E-state index is 11.4. The highest BCUT2D eigenvalue weighted by Gasteiger charge is 2.17. The molecule has 0 saturated carbocycles. The second kappa shape index (κ2) is 6.38. The first kappa shape index (κ1) is 15.2. The lowest BCUT2D eigenvalue weighted by Crippen LogP contribution is -2.34. The van der Waals surface area contributed by atoms with E-state index in [1.54, 1.807) is 20.0 Å². The minimum Gasteiger partial charge on any atom is -0.475 e. The van der Waals surface area contributed by atoms with Crippen LogP contribution in [-0.2, 0) is 11.3 Å². The number of nitrogens with zero attached hydrogens (tertiary/aromatic N) is 1. The van der Waals surface area contributed by atoms with E-state index in [9.17, 15) is 9.59 Å². The third-order valence-electron chi connectivity index (χ3n) is 2.87. The van der Waals surface area contributed by atoms with Gasteiger partial charge in [-0.1, -0.05) is 6.92 Å². The number of amides is 1. The monoisotopic (exact) mass is 268 g/mol. The van der Waals surface area contributed by atoms with E-state index in [-0.39, 0.29) is 17.6 Å². The average Bonchev–Trinajstić information content (AvgIpc) is 2.68. The van der Waals surface area contributed by atoms with Gasteiger partial charge in [0.15, 0.2) is 0 Å². The molecule has 0 fully saturated rings. The number of furan rings is 1. The molecule has 1 rings (SSSR count). The van der Waals surface area contributed by atoms with Gasteiger partial charge in [0.25, 0.3) is 0 Å². The molecule has 6 heteroatoms. The quantitative estimate of drug-likeness (QED) is 0.807. The van der Waals surface area contributed by atoms with E-state index in [0.29, 0.717) is 24.4 Å². The molecule has 0 aliphatic heterocycles. The lowest BCUT2D eigenvalue weighted by Gasteiger charge is -2.19. The highest BCUT2D eigenvalue weighted by Crippen LogP contribution is 2.16. The molecule has 1 heterocycles. The average molecular weight is 268 g/mol. The lowest BCUT2D eigenvalue weighted by molar-refractivity contribution is -0.124. The third kappa shape index (κ3) is 4.10. The standard InChI is InChI=1S/C13H20N2O4/c1-8-5-10(19-11(8)13(17)18)7-15(4)6-9(2)12(16)14-3/h5,9H,6-7H2,1-4H3,(H,14,16)(H,17,18). The maximum atomic E-state index is 11.4.